The Bertz CT molecular complexity index is 781. The molecule has 4 heteroatoms. The van der Waals surface area contributed by atoms with Gasteiger partial charge in [-0.1, -0.05) is 29.8 Å². The summed E-state index contributed by atoms with van der Waals surface area (Å²) in [5, 5.41) is 1.42. The molecule has 2 N–H and O–H groups in total. The van der Waals surface area contributed by atoms with Gasteiger partial charge in [0.15, 0.2) is 0 Å². The average molecular weight is 290 g/mol. The molecule has 1 atom stereocenters. The number of fused-ring (bicyclic) bond motifs is 1. The van der Waals surface area contributed by atoms with E-state index >= 15 is 0 Å². The number of hydrogen-bond acceptors (Lipinski definition) is 2. The van der Waals surface area contributed by atoms with E-state index in [-0.39, 0.29) is 5.82 Å². The third-order valence-electron chi connectivity index (χ3n) is 3.39. The van der Waals surface area contributed by atoms with Crippen molar-refractivity contribution < 1.29 is 8.81 Å². The molecular formula is C16H13ClFNO. The highest BCUT2D eigenvalue weighted by atomic mass is 35.5. The smallest absolute Gasteiger partial charge is 0.135 e. The Morgan fingerprint density at radius 3 is 2.70 bits per heavy atom. The number of hydrogen-bond donors (Lipinski definition) is 1. The van der Waals surface area contributed by atoms with Gasteiger partial charge in [-0.05, 0) is 42.3 Å². The van der Waals surface area contributed by atoms with Gasteiger partial charge in [0.1, 0.15) is 17.2 Å². The van der Waals surface area contributed by atoms with Crippen LogP contribution in [-0.4, -0.2) is 0 Å². The van der Waals surface area contributed by atoms with Gasteiger partial charge in [0.25, 0.3) is 0 Å². The SMILES string of the molecule is Cc1ccc(C(N)c2cc3c(Cl)cccc3o2)cc1F. The van der Waals surface area contributed by atoms with E-state index in [1.165, 1.54) is 6.07 Å². The molecule has 0 aliphatic heterocycles. The molecule has 0 spiro atoms. The lowest BCUT2D eigenvalue weighted by Gasteiger charge is -2.09. The first-order valence-corrected chi connectivity index (χ1v) is 6.63. The normalized spacial score (nSPS) is 12.8. The minimum atomic E-state index is -0.520. The van der Waals surface area contributed by atoms with E-state index in [2.05, 4.69) is 0 Å². The molecule has 20 heavy (non-hydrogen) atoms. The lowest BCUT2D eigenvalue weighted by atomic mass is 10.0. The van der Waals surface area contributed by atoms with Crippen molar-refractivity contribution in [2.24, 2.45) is 5.73 Å². The summed E-state index contributed by atoms with van der Waals surface area (Å²) in [6.45, 7) is 1.71. The van der Waals surface area contributed by atoms with Crippen LogP contribution < -0.4 is 5.73 Å². The lowest BCUT2D eigenvalue weighted by molar-refractivity contribution is 0.523. The van der Waals surface area contributed by atoms with E-state index in [1.807, 2.05) is 12.1 Å². The number of aryl methyl sites for hydroxylation is 1. The van der Waals surface area contributed by atoms with Gasteiger partial charge in [-0.3, -0.25) is 0 Å². The fourth-order valence-corrected chi connectivity index (χ4v) is 2.39. The molecule has 3 rings (SSSR count). The quantitative estimate of drug-likeness (QED) is 0.750. The first-order valence-electron chi connectivity index (χ1n) is 6.26. The Kier molecular flexibility index (Phi) is 3.24. The molecule has 2 nitrogen and oxygen atoms in total. The van der Waals surface area contributed by atoms with Gasteiger partial charge in [-0.15, -0.1) is 0 Å². The Balaban J connectivity index is 2.05. The summed E-state index contributed by atoms with van der Waals surface area (Å²) in [6.07, 6.45) is 0. The molecule has 1 heterocycles. The van der Waals surface area contributed by atoms with E-state index in [1.54, 1.807) is 31.2 Å². The van der Waals surface area contributed by atoms with Crippen LogP contribution in [0.15, 0.2) is 46.9 Å². The summed E-state index contributed by atoms with van der Waals surface area (Å²) >= 11 is 6.11. The molecular weight excluding hydrogens is 277 g/mol. The minimum Gasteiger partial charge on any atom is -0.459 e. The van der Waals surface area contributed by atoms with Gasteiger partial charge in [-0.25, -0.2) is 4.39 Å². The van der Waals surface area contributed by atoms with Gasteiger partial charge in [0.05, 0.1) is 11.1 Å². The summed E-state index contributed by atoms with van der Waals surface area (Å²) in [4.78, 5) is 0. The maximum Gasteiger partial charge on any atom is 0.135 e. The third kappa shape index (κ3) is 2.19. The summed E-state index contributed by atoms with van der Waals surface area (Å²) in [6, 6.07) is 11.7. The van der Waals surface area contributed by atoms with E-state index in [0.29, 0.717) is 27.5 Å². The summed E-state index contributed by atoms with van der Waals surface area (Å²) in [5.41, 5.74) is 8.08. The van der Waals surface area contributed by atoms with Crippen molar-refractivity contribution in [2.75, 3.05) is 0 Å². The van der Waals surface area contributed by atoms with Crippen LogP contribution in [0.5, 0.6) is 0 Å². The third-order valence-corrected chi connectivity index (χ3v) is 3.72. The fourth-order valence-electron chi connectivity index (χ4n) is 2.17. The first kappa shape index (κ1) is 13.2. The van der Waals surface area contributed by atoms with E-state index in [9.17, 15) is 4.39 Å². The molecule has 0 saturated heterocycles. The second kappa shape index (κ2) is 4.93. The Morgan fingerprint density at radius 1 is 1.20 bits per heavy atom. The largest absolute Gasteiger partial charge is 0.459 e. The Morgan fingerprint density at radius 2 is 2.00 bits per heavy atom. The van der Waals surface area contributed by atoms with Crippen molar-refractivity contribution in [1.29, 1.82) is 0 Å². The predicted octanol–water partition coefficient (Wildman–Crippen LogP) is 4.58. The maximum absolute atomic E-state index is 13.6. The molecule has 0 radical (unpaired) electrons. The number of rotatable bonds is 2. The van der Waals surface area contributed by atoms with Gasteiger partial charge in [-0.2, -0.15) is 0 Å². The van der Waals surface area contributed by atoms with Crippen molar-refractivity contribution in [3.05, 3.63) is 70.2 Å². The second-order valence-electron chi connectivity index (χ2n) is 4.79. The molecule has 102 valence electrons. The van der Waals surface area contributed by atoms with Gasteiger partial charge in [0.2, 0.25) is 0 Å². The van der Waals surface area contributed by atoms with Crippen LogP contribution in [0.2, 0.25) is 5.02 Å². The second-order valence-corrected chi connectivity index (χ2v) is 5.19. The topological polar surface area (TPSA) is 39.2 Å². The van der Waals surface area contributed by atoms with Crippen LogP contribution in [0.25, 0.3) is 11.0 Å². The van der Waals surface area contributed by atoms with Gasteiger partial charge in [0, 0.05) is 5.39 Å². The van der Waals surface area contributed by atoms with Gasteiger partial charge < -0.3 is 10.2 Å². The molecule has 0 saturated carbocycles. The highest BCUT2D eigenvalue weighted by Crippen LogP contribution is 2.31. The zero-order valence-electron chi connectivity index (χ0n) is 10.9. The van der Waals surface area contributed by atoms with Crippen LogP contribution in [0, 0.1) is 12.7 Å². The van der Waals surface area contributed by atoms with Crippen LogP contribution in [0.1, 0.15) is 22.9 Å². The molecule has 3 aromatic rings. The van der Waals surface area contributed by atoms with Crippen LogP contribution in [0.3, 0.4) is 0 Å². The first-order chi connectivity index (χ1) is 9.56. The molecule has 0 aliphatic carbocycles. The highest BCUT2D eigenvalue weighted by Gasteiger charge is 2.16. The van der Waals surface area contributed by atoms with Gasteiger partial charge >= 0.3 is 0 Å². The van der Waals surface area contributed by atoms with Crippen LogP contribution in [0.4, 0.5) is 4.39 Å². The molecule has 1 aromatic heterocycles. The lowest BCUT2D eigenvalue weighted by Crippen LogP contribution is -2.11. The predicted molar refractivity (Wildman–Crippen MR) is 78.4 cm³/mol. The Labute approximate surface area is 121 Å². The summed E-state index contributed by atoms with van der Waals surface area (Å²) in [5.74, 6) is 0.295. The molecule has 2 aromatic carbocycles. The number of halogens is 2. The molecule has 0 aliphatic rings. The average Bonchev–Trinajstić information content (AvgIpc) is 2.86. The van der Waals surface area contributed by atoms with Crippen molar-refractivity contribution >= 4 is 22.6 Å². The number of benzene rings is 2. The zero-order valence-corrected chi connectivity index (χ0v) is 11.6. The molecule has 0 bridgehead atoms. The van der Waals surface area contributed by atoms with E-state index in [4.69, 9.17) is 21.8 Å². The van der Waals surface area contributed by atoms with Crippen molar-refractivity contribution in [1.82, 2.24) is 0 Å². The standard InChI is InChI=1S/C16H13ClFNO/c1-9-5-6-10(7-13(9)18)16(19)15-8-11-12(17)3-2-4-14(11)20-15/h2-8,16H,19H2,1H3. The van der Waals surface area contributed by atoms with Crippen molar-refractivity contribution in [2.45, 2.75) is 13.0 Å². The van der Waals surface area contributed by atoms with E-state index < -0.39 is 6.04 Å². The Hall–Kier alpha value is -1.84. The highest BCUT2D eigenvalue weighted by molar-refractivity contribution is 6.35. The number of furan rings is 1. The zero-order chi connectivity index (χ0) is 14.3. The van der Waals surface area contributed by atoms with Crippen LogP contribution >= 0.6 is 11.6 Å². The summed E-state index contributed by atoms with van der Waals surface area (Å²) < 4.78 is 19.3. The minimum absolute atomic E-state index is 0.271. The monoisotopic (exact) mass is 289 g/mol. The molecule has 0 amide bonds. The van der Waals surface area contributed by atoms with Crippen LogP contribution in [-0.2, 0) is 0 Å². The number of nitrogens with two attached hydrogens (primary N) is 1. The van der Waals surface area contributed by atoms with Crippen molar-refractivity contribution in [3.8, 4) is 0 Å². The molecule has 0 fully saturated rings. The maximum atomic E-state index is 13.6. The summed E-state index contributed by atoms with van der Waals surface area (Å²) in [7, 11) is 0. The van der Waals surface area contributed by atoms with Crippen molar-refractivity contribution in [3.63, 3.8) is 0 Å². The van der Waals surface area contributed by atoms with E-state index in [0.717, 1.165) is 5.39 Å². The molecule has 1 unspecified atom stereocenters. The fraction of sp³-hybridized carbons (Fsp3) is 0.125.